The molecule has 4 atom stereocenters. The third kappa shape index (κ3) is 2.55. The summed E-state index contributed by atoms with van der Waals surface area (Å²) in [5.74, 6) is 1.24. The highest BCUT2D eigenvalue weighted by Crippen LogP contribution is 2.53. The predicted molar refractivity (Wildman–Crippen MR) is 113 cm³/mol. The van der Waals surface area contributed by atoms with Gasteiger partial charge in [0.2, 0.25) is 0 Å². The van der Waals surface area contributed by atoms with Gasteiger partial charge in [0.25, 0.3) is 0 Å². The fourth-order valence-electron chi connectivity index (χ4n) is 5.45. The van der Waals surface area contributed by atoms with E-state index in [2.05, 4.69) is 45.1 Å². The van der Waals surface area contributed by atoms with E-state index in [1.807, 2.05) is 20.8 Å². The van der Waals surface area contributed by atoms with E-state index in [4.69, 9.17) is 9.47 Å². The van der Waals surface area contributed by atoms with Crippen molar-refractivity contribution in [3.8, 4) is 5.75 Å². The number of ketones is 1. The first-order valence-corrected chi connectivity index (χ1v) is 10.4. The van der Waals surface area contributed by atoms with Crippen molar-refractivity contribution >= 4 is 11.9 Å². The van der Waals surface area contributed by atoms with Gasteiger partial charge in [-0.05, 0) is 61.9 Å². The maximum absolute atomic E-state index is 12.9. The summed E-state index contributed by atoms with van der Waals surface area (Å²) in [7, 11) is 1.73. The minimum absolute atomic E-state index is 0.00645. The molecule has 0 radical (unpaired) electrons. The van der Waals surface area contributed by atoms with E-state index in [1.165, 1.54) is 27.8 Å². The average Bonchev–Trinajstić information content (AvgIpc) is 3.11. The lowest BCUT2D eigenvalue weighted by Gasteiger charge is -2.34. The van der Waals surface area contributed by atoms with Crippen molar-refractivity contribution in [2.45, 2.75) is 71.5 Å². The van der Waals surface area contributed by atoms with Crippen molar-refractivity contribution in [3.63, 3.8) is 0 Å². The number of allylic oxidation sites excluding steroid dienone is 2. The first-order valence-electron chi connectivity index (χ1n) is 10.4. The molecule has 1 heterocycles. The van der Waals surface area contributed by atoms with Crippen LogP contribution in [0.2, 0.25) is 0 Å². The number of ether oxygens (including phenoxy) is 2. The molecule has 3 heteroatoms. The first kappa shape index (κ1) is 19.4. The van der Waals surface area contributed by atoms with E-state index in [-0.39, 0.29) is 34.7 Å². The maximum Gasteiger partial charge on any atom is 0.167 e. The van der Waals surface area contributed by atoms with Crippen LogP contribution in [0.25, 0.3) is 6.08 Å². The van der Waals surface area contributed by atoms with Crippen LogP contribution in [0.4, 0.5) is 0 Å². The molecule has 1 aliphatic heterocycles. The number of hydrogen-bond acceptors (Lipinski definition) is 3. The SMILES string of the molecule is COc1ccc2c(c1C)C=CC1=C([C@H](C)C3OC(C)(C)[C@@H](C)C3=O)CC[C@@]12C. The van der Waals surface area contributed by atoms with Crippen LogP contribution in [-0.4, -0.2) is 24.6 Å². The topological polar surface area (TPSA) is 35.5 Å². The number of rotatable bonds is 3. The molecule has 1 aromatic rings. The summed E-state index contributed by atoms with van der Waals surface area (Å²) in [4.78, 5) is 12.9. The van der Waals surface area contributed by atoms with Crippen LogP contribution in [0.5, 0.6) is 5.75 Å². The molecular weight excluding hydrogens is 348 g/mol. The summed E-state index contributed by atoms with van der Waals surface area (Å²) < 4.78 is 11.8. The lowest BCUT2D eigenvalue weighted by Crippen LogP contribution is -2.29. The van der Waals surface area contributed by atoms with Crippen LogP contribution in [0.15, 0.2) is 29.4 Å². The molecule has 1 fully saturated rings. The number of carbonyl (C=O) groups excluding carboxylic acids is 1. The molecular formula is C25H32O3. The Morgan fingerprint density at radius 3 is 2.54 bits per heavy atom. The monoisotopic (exact) mass is 380 g/mol. The summed E-state index contributed by atoms with van der Waals surface area (Å²) >= 11 is 0. The van der Waals surface area contributed by atoms with Crippen molar-refractivity contribution in [1.29, 1.82) is 0 Å². The number of methoxy groups -OCH3 is 1. The molecule has 150 valence electrons. The van der Waals surface area contributed by atoms with Crippen molar-refractivity contribution in [3.05, 3.63) is 46.0 Å². The normalized spacial score (nSPS) is 31.8. The minimum atomic E-state index is -0.383. The summed E-state index contributed by atoms with van der Waals surface area (Å²) in [6.45, 7) is 12.7. The number of fused-ring (bicyclic) bond motifs is 3. The van der Waals surface area contributed by atoms with Gasteiger partial charge in [-0.2, -0.15) is 0 Å². The molecule has 2 aliphatic carbocycles. The van der Waals surface area contributed by atoms with Crippen molar-refractivity contribution < 1.29 is 14.3 Å². The number of carbonyl (C=O) groups is 1. The molecule has 0 spiro atoms. The second-order valence-corrected chi connectivity index (χ2v) is 9.51. The van der Waals surface area contributed by atoms with Crippen LogP contribution >= 0.6 is 0 Å². The largest absolute Gasteiger partial charge is 0.496 e. The van der Waals surface area contributed by atoms with Gasteiger partial charge in [0, 0.05) is 17.3 Å². The lowest BCUT2D eigenvalue weighted by molar-refractivity contribution is -0.126. The molecule has 3 aliphatic rings. The van der Waals surface area contributed by atoms with E-state index in [0.717, 1.165) is 18.6 Å². The van der Waals surface area contributed by atoms with Gasteiger partial charge in [-0.3, -0.25) is 4.79 Å². The van der Waals surface area contributed by atoms with Gasteiger partial charge in [0.1, 0.15) is 11.9 Å². The molecule has 28 heavy (non-hydrogen) atoms. The molecule has 3 nitrogen and oxygen atoms in total. The Balaban J connectivity index is 1.75. The molecule has 0 amide bonds. The van der Waals surface area contributed by atoms with Crippen molar-refractivity contribution in [2.75, 3.05) is 7.11 Å². The predicted octanol–water partition coefficient (Wildman–Crippen LogP) is 5.40. The number of Topliss-reactive ketones (excluding diaryl/α,β-unsaturated/α-hetero) is 1. The Morgan fingerprint density at radius 2 is 1.93 bits per heavy atom. The van der Waals surface area contributed by atoms with Crippen LogP contribution in [0, 0.1) is 18.8 Å². The Morgan fingerprint density at radius 1 is 1.21 bits per heavy atom. The molecule has 0 saturated carbocycles. The fraction of sp³-hybridized carbons (Fsp3) is 0.560. The molecule has 1 aromatic carbocycles. The second-order valence-electron chi connectivity index (χ2n) is 9.51. The number of hydrogen-bond donors (Lipinski definition) is 0. The Labute approximate surface area is 168 Å². The van der Waals surface area contributed by atoms with E-state index < -0.39 is 0 Å². The zero-order valence-corrected chi connectivity index (χ0v) is 18.2. The zero-order valence-electron chi connectivity index (χ0n) is 18.2. The quantitative estimate of drug-likeness (QED) is 0.704. The summed E-state index contributed by atoms with van der Waals surface area (Å²) in [6, 6.07) is 4.31. The smallest absolute Gasteiger partial charge is 0.167 e. The lowest BCUT2D eigenvalue weighted by atomic mass is 9.70. The third-order valence-electron chi connectivity index (χ3n) is 7.72. The minimum Gasteiger partial charge on any atom is -0.496 e. The Bertz CT molecular complexity index is 905. The van der Waals surface area contributed by atoms with Gasteiger partial charge in [0.15, 0.2) is 5.78 Å². The van der Waals surface area contributed by atoms with Crippen LogP contribution in [0.3, 0.4) is 0 Å². The molecule has 0 N–H and O–H groups in total. The van der Waals surface area contributed by atoms with E-state index in [1.54, 1.807) is 7.11 Å². The summed E-state index contributed by atoms with van der Waals surface area (Å²) in [5.41, 5.74) is 6.23. The summed E-state index contributed by atoms with van der Waals surface area (Å²) in [6.07, 6.45) is 6.27. The van der Waals surface area contributed by atoms with Gasteiger partial charge in [-0.25, -0.2) is 0 Å². The van der Waals surface area contributed by atoms with Crippen LogP contribution in [-0.2, 0) is 14.9 Å². The number of benzene rings is 1. The van der Waals surface area contributed by atoms with Gasteiger partial charge in [0.05, 0.1) is 12.7 Å². The van der Waals surface area contributed by atoms with Gasteiger partial charge in [-0.1, -0.05) is 44.6 Å². The van der Waals surface area contributed by atoms with Crippen molar-refractivity contribution in [1.82, 2.24) is 0 Å². The van der Waals surface area contributed by atoms with Crippen molar-refractivity contribution in [2.24, 2.45) is 11.8 Å². The van der Waals surface area contributed by atoms with Crippen LogP contribution in [0.1, 0.15) is 64.2 Å². The molecule has 1 unspecified atom stereocenters. The first-order chi connectivity index (χ1) is 13.1. The Kier molecular flexibility index (Phi) is 4.39. The third-order valence-corrected chi connectivity index (χ3v) is 7.72. The summed E-state index contributed by atoms with van der Waals surface area (Å²) in [5, 5.41) is 0. The molecule has 0 bridgehead atoms. The highest BCUT2D eigenvalue weighted by Gasteiger charge is 2.50. The average molecular weight is 381 g/mol. The van der Waals surface area contributed by atoms with Gasteiger partial charge < -0.3 is 9.47 Å². The van der Waals surface area contributed by atoms with Crippen LogP contribution < -0.4 is 4.74 Å². The maximum atomic E-state index is 12.9. The van der Waals surface area contributed by atoms with Gasteiger partial charge >= 0.3 is 0 Å². The Hall–Kier alpha value is -1.87. The standard InChI is InChI=1S/C25H32O3/c1-14-17-8-9-19-18(15(2)23-22(26)16(3)24(4,5)28-23)12-13-25(19,6)20(17)10-11-21(14)27-7/h8-11,15-16,23H,12-13H2,1-7H3/t15-,16-,23?,25-/m0/s1. The molecule has 0 aromatic heterocycles. The van der Waals surface area contributed by atoms with E-state index >= 15 is 0 Å². The second kappa shape index (κ2) is 6.32. The highest BCUT2D eigenvalue weighted by molar-refractivity contribution is 5.89. The van der Waals surface area contributed by atoms with E-state index in [0.29, 0.717) is 0 Å². The zero-order chi connectivity index (χ0) is 20.4. The molecule has 4 rings (SSSR count). The fourth-order valence-corrected chi connectivity index (χ4v) is 5.45. The van der Waals surface area contributed by atoms with Gasteiger partial charge in [-0.15, -0.1) is 0 Å². The molecule has 1 saturated heterocycles. The highest BCUT2D eigenvalue weighted by atomic mass is 16.5. The van der Waals surface area contributed by atoms with E-state index in [9.17, 15) is 4.79 Å².